The summed E-state index contributed by atoms with van der Waals surface area (Å²) >= 11 is 0. The average Bonchev–Trinajstić information content (AvgIpc) is 2.72. The zero-order valence-corrected chi connectivity index (χ0v) is 14.9. The van der Waals surface area contributed by atoms with Crippen molar-refractivity contribution in [1.29, 1.82) is 0 Å². The standard InChI is InChI=1S/C18H22O4S/c1-11(2)14-7-6-13(5)18-16(8-14)15(10-19)9-17(18)23(20,21)22-12(3)4/h6-12H,1-5H3. The van der Waals surface area contributed by atoms with Crippen molar-refractivity contribution in [1.82, 2.24) is 0 Å². The number of carbonyl (C=O) groups excluding carboxylic acids is 1. The SMILES string of the molecule is Cc1ccc(C(C)C)cc2c(C=O)cc(S(=O)(=O)OC(C)C)c1-2. The maximum Gasteiger partial charge on any atom is 0.297 e. The van der Waals surface area contributed by atoms with E-state index in [1.807, 2.05) is 25.1 Å². The Bertz CT molecular complexity index is 804. The van der Waals surface area contributed by atoms with E-state index in [9.17, 15) is 13.2 Å². The third-order valence-corrected chi connectivity index (χ3v) is 5.23. The van der Waals surface area contributed by atoms with Crippen LogP contribution in [-0.4, -0.2) is 20.8 Å². The van der Waals surface area contributed by atoms with Crippen LogP contribution in [0.25, 0.3) is 11.1 Å². The van der Waals surface area contributed by atoms with Crippen molar-refractivity contribution in [3.63, 3.8) is 0 Å². The molecule has 4 nitrogen and oxygen atoms in total. The van der Waals surface area contributed by atoms with Gasteiger partial charge in [0, 0.05) is 11.1 Å². The van der Waals surface area contributed by atoms with Crippen molar-refractivity contribution in [3.8, 4) is 11.1 Å². The summed E-state index contributed by atoms with van der Waals surface area (Å²) in [5.74, 6) is 0.270. The van der Waals surface area contributed by atoms with Gasteiger partial charge < -0.3 is 0 Å². The number of aryl methyl sites for hydroxylation is 1. The molecule has 0 aromatic heterocycles. The molecule has 5 heteroatoms. The second-order valence-corrected chi connectivity index (χ2v) is 7.83. The largest absolute Gasteiger partial charge is 0.298 e. The summed E-state index contributed by atoms with van der Waals surface area (Å²) in [6.07, 6.45) is 0.230. The van der Waals surface area contributed by atoms with E-state index in [2.05, 4.69) is 13.8 Å². The van der Waals surface area contributed by atoms with E-state index in [-0.39, 0.29) is 10.8 Å². The third-order valence-electron chi connectivity index (χ3n) is 3.73. The first kappa shape index (κ1) is 17.6. The van der Waals surface area contributed by atoms with Crippen molar-refractivity contribution in [3.05, 3.63) is 41.0 Å². The van der Waals surface area contributed by atoms with Gasteiger partial charge in [0.1, 0.15) is 4.90 Å². The summed E-state index contributed by atoms with van der Waals surface area (Å²) in [6, 6.07) is 7.16. The Morgan fingerprint density at radius 1 is 1.09 bits per heavy atom. The minimum atomic E-state index is -3.92. The molecule has 0 bridgehead atoms. The fourth-order valence-corrected chi connectivity index (χ4v) is 4.01. The number of aldehydes is 1. The zero-order valence-electron chi connectivity index (χ0n) is 14.1. The highest BCUT2D eigenvalue weighted by Gasteiger charge is 2.28. The molecule has 0 spiro atoms. The van der Waals surface area contributed by atoms with Gasteiger partial charge in [0.15, 0.2) is 6.29 Å². The van der Waals surface area contributed by atoms with E-state index in [4.69, 9.17) is 4.18 Å². The lowest BCUT2D eigenvalue weighted by Crippen LogP contribution is -2.12. The first-order valence-corrected chi connectivity index (χ1v) is 9.04. The van der Waals surface area contributed by atoms with Crippen molar-refractivity contribution in [2.75, 3.05) is 0 Å². The molecule has 0 saturated heterocycles. The number of fused-ring (bicyclic) bond motifs is 1. The van der Waals surface area contributed by atoms with Crippen LogP contribution in [0.15, 0.2) is 29.2 Å². The van der Waals surface area contributed by atoms with E-state index in [0.29, 0.717) is 23.0 Å². The van der Waals surface area contributed by atoms with Gasteiger partial charge in [-0.25, -0.2) is 0 Å². The topological polar surface area (TPSA) is 60.4 Å². The predicted molar refractivity (Wildman–Crippen MR) is 90.7 cm³/mol. The first-order valence-electron chi connectivity index (χ1n) is 7.63. The monoisotopic (exact) mass is 334 g/mol. The van der Waals surface area contributed by atoms with E-state index in [1.165, 1.54) is 6.07 Å². The van der Waals surface area contributed by atoms with Gasteiger partial charge in [0.2, 0.25) is 0 Å². The Kier molecular flexibility index (Phi) is 4.92. The van der Waals surface area contributed by atoms with Gasteiger partial charge in [-0.05, 0) is 49.4 Å². The second-order valence-electron chi connectivity index (χ2n) is 6.28. The molecule has 0 saturated carbocycles. The second kappa shape index (κ2) is 6.42. The van der Waals surface area contributed by atoms with Crippen molar-refractivity contribution in [2.45, 2.75) is 51.5 Å². The number of hydrogen-bond acceptors (Lipinski definition) is 4. The first-order chi connectivity index (χ1) is 10.7. The molecule has 0 unspecified atom stereocenters. The molecule has 0 atom stereocenters. The predicted octanol–water partition coefficient (Wildman–Crippen LogP) is 4.15. The third kappa shape index (κ3) is 3.46. The van der Waals surface area contributed by atoms with Gasteiger partial charge in [0.05, 0.1) is 6.10 Å². The van der Waals surface area contributed by atoms with Crippen LogP contribution in [0, 0.1) is 6.92 Å². The Balaban J connectivity index is 2.80. The summed E-state index contributed by atoms with van der Waals surface area (Å²) in [6.45, 7) is 9.27. The molecular weight excluding hydrogens is 312 g/mol. The van der Waals surface area contributed by atoms with E-state index >= 15 is 0 Å². The van der Waals surface area contributed by atoms with Crippen LogP contribution in [-0.2, 0) is 14.3 Å². The molecular formula is C18H22O4S. The molecule has 0 amide bonds. The van der Waals surface area contributed by atoms with Gasteiger partial charge >= 0.3 is 0 Å². The van der Waals surface area contributed by atoms with Crippen LogP contribution in [0.3, 0.4) is 0 Å². The summed E-state index contributed by atoms with van der Waals surface area (Å²) < 4.78 is 30.2. The molecule has 0 N–H and O–H groups in total. The average molecular weight is 334 g/mol. The van der Waals surface area contributed by atoms with Crippen molar-refractivity contribution >= 4 is 16.4 Å². The molecule has 0 heterocycles. The highest BCUT2D eigenvalue weighted by atomic mass is 32.2. The zero-order chi connectivity index (χ0) is 17.4. The highest BCUT2D eigenvalue weighted by Crippen LogP contribution is 2.39. The van der Waals surface area contributed by atoms with Gasteiger partial charge in [-0.2, -0.15) is 8.42 Å². The maximum absolute atomic E-state index is 12.5. The molecule has 0 fully saturated rings. The molecule has 2 rings (SSSR count). The smallest absolute Gasteiger partial charge is 0.297 e. The lowest BCUT2D eigenvalue weighted by molar-refractivity contribution is 0.112. The number of hydrogen-bond donors (Lipinski definition) is 0. The number of rotatable bonds is 5. The highest BCUT2D eigenvalue weighted by molar-refractivity contribution is 7.87. The summed E-state index contributed by atoms with van der Waals surface area (Å²) in [5.41, 5.74) is 3.42. The van der Waals surface area contributed by atoms with Crippen LogP contribution < -0.4 is 0 Å². The normalized spacial score (nSPS) is 12.3. The molecule has 0 aliphatic heterocycles. The van der Waals surface area contributed by atoms with Gasteiger partial charge in [-0.15, -0.1) is 0 Å². The molecule has 0 aromatic carbocycles. The molecule has 2 aliphatic carbocycles. The number of carbonyl (C=O) groups is 1. The lowest BCUT2D eigenvalue weighted by Gasteiger charge is -2.09. The fraction of sp³-hybridized carbons (Fsp3) is 0.389. The molecule has 0 radical (unpaired) electrons. The van der Waals surface area contributed by atoms with Crippen LogP contribution in [0.5, 0.6) is 0 Å². The Morgan fingerprint density at radius 2 is 1.74 bits per heavy atom. The molecule has 2 aliphatic rings. The lowest BCUT2D eigenvalue weighted by atomic mass is 10.0. The minimum Gasteiger partial charge on any atom is -0.298 e. The molecule has 0 aromatic rings. The van der Waals surface area contributed by atoms with Crippen molar-refractivity contribution in [2.24, 2.45) is 0 Å². The Labute approximate surface area is 137 Å². The van der Waals surface area contributed by atoms with E-state index in [0.717, 1.165) is 11.1 Å². The summed E-state index contributed by atoms with van der Waals surface area (Å²) in [4.78, 5) is 11.5. The minimum absolute atomic E-state index is 0.0618. The van der Waals surface area contributed by atoms with Gasteiger partial charge in [-0.1, -0.05) is 32.0 Å². The van der Waals surface area contributed by atoms with E-state index < -0.39 is 16.2 Å². The van der Waals surface area contributed by atoms with Crippen LogP contribution in [0.2, 0.25) is 0 Å². The van der Waals surface area contributed by atoms with Crippen LogP contribution in [0.1, 0.15) is 55.1 Å². The van der Waals surface area contributed by atoms with Crippen LogP contribution >= 0.6 is 0 Å². The van der Waals surface area contributed by atoms with Gasteiger partial charge in [-0.3, -0.25) is 8.98 Å². The van der Waals surface area contributed by atoms with Gasteiger partial charge in [0.25, 0.3) is 10.1 Å². The summed E-state index contributed by atoms with van der Waals surface area (Å²) in [5, 5.41) is 0. The fourth-order valence-electron chi connectivity index (χ4n) is 2.61. The Hall–Kier alpha value is -1.72. The van der Waals surface area contributed by atoms with E-state index in [1.54, 1.807) is 13.8 Å². The quantitative estimate of drug-likeness (QED) is 0.609. The maximum atomic E-state index is 12.5. The van der Waals surface area contributed by atoms with Crippen molar-refractivity contribution < 1.29 is 17.4 Å². The van der Waals surface area contributed by atoms with Crippen LogP contribution in [0.4, 0.5) is 0 Å². The molecule has 124 valence electrons. The Morgan fingerprint density at radius 3 is 2.26 bits per heavy atom. The molecule has 23 heavy (non-hydrogen) atoms. The summed E-state index contributed by atoms with van der Waals surface area (Å²) in [7, 11) is -3.92.